The van der Waals surface area contributed by atoms with Crippen LogP contribution in [-0.2, 0) is 0 Å². The van der Waals surface area contributed by atoms with Crippen LogP contribution >= 0.6 is 0 Å². The molecule has 3 rings (SSSR count). The lowest BCUT2D eigenvalue weighted by atomic mass is 9.90. The Morgan fingerprint density at radius 3 is 2.50 bits per heavy atom. The zero-order valence-electron chi connectivity index (χ0n) is 11.5. The van der Waals surface area contributed by atoms with Gasteiger partial charge < -0.3 is 10.4 Å². The Labute approximate surface area is 111 Å². The Morgan fingerprint density at radius 2 is 1.78 bits per heavy atom. The summed E-state index contributed by atoms with van der Waals surface area (Å²) in [5, 5.41) is 14.1. The van der Waals surface area contributed by atoms with Gasteiger partial charge in [0.05, 0.1) is 5.60 Å². The van der Waals surface area contributed by atoms with Crippen molar-refractivity contribution in [2.24, 2.45) is 5.92 Å². The Bertz CT molecular complexity index is 270. The molecule has 1 aliphatic carbocycles. The Balaban J connectivity index is 1.60. The monoisotopic (exact) mass is 252 g/mol. The van der Waals surface area contributed by atoms with Crippen molar-refractivity contribution in [2.75, 3.05) is 26.2 Å². The van der Waals surface area contributed by atoms with Gasteiger partial charge in [0.2, 0.25) is 0 Å². The molecule has 18 heavy (non-hydrogen) atoms. The molecule has 0 aromatic carbocycles. The summed E-state index contributed by atoms with van der Waals surface area (Å²) in [6, 6.07) is 0.784. The van der Waals surface area contributed by atoms with Crippen LogP contribution in [0.15, 0.2) is 0 Å². The van der Waals surface area contributed by atoms with Gasteiger partial charge in [-0.15, -0.1) is 0 Å². The molecule has 1 atom stereocenters. The minimum atomic E-state index is -0.410. The summed E-state index contributed by atoms with van der Waals surface area (Å²) >= 11 is 0. The first kappa shape index (κ1) is 12.9. The first-order valence-corrected chi connectivity index (χ1v) is 7.94. The van der Waals surface area contributed by atoms with Crippen LogP contribution in [0, 0.1) is 5.92 Å². The maximum atomic E-state index is 10.7. The van der Waals surface area contributed by atoms with Gasteiger partial charge in [-0.2, -0.15) is 0 Å². The molecule has 3 nitrogen and oxygen atoms in total. The molecule has 0 bridgehead atoms. The van der Waals surface area contributed by atoms with Crippen molar-refractivity contribution >= 4 is 0 Å². The molecular weight excluding hydrogens is 224 g/mol. The van der Waals surface area contributed by atoms with Crippen molar-refractivity contribution in [1.82, 2.24) is 10.2 Å². The van der Waals surface area contributed by atoms with Crippen molar-refractivity contribution < 1.29 is 5.11 Å². The Kier molecular flexibility index (Phi) is 3.92. The number of hydrogen-bond acceptors (Lipinski definition) is 3. The van der Waals surface area contributed by atoms with Crippen molar-refractivity contribution in [3.05, 3.63) is 0 Å². The van der Waals surface area contributed by atoms with Crippen LogP contribution in [0.2, 0.25) is 0 Å². The molecule has 3 heteroatoms. The molecule has 3 fully saturated rings. The van der Waals surface area contributed by atoms with E-state index in [1.807, 2.05) is 0 Å². The average Bonchev–Trinajstić information content (AvgIpc) is 2.99. The van der Waals surface area contributed by atoms with Gasteiger partial charge in [-0.25, -0.2) is 0 Å². The second-order valence-corrected chi connectivity index (χ2v) is 6.70. The third-order valence-corrected chi connectivity index (χ3v) is 5.39. The van der Waals surface area contributed by atoms with Gasteiger partial charge in [0, 0.05) is 12.6 Å². The van der Waals surface area contributed by atoms with Gasteiger partial charge in [0.15, 0.2) is 0 Å². The summed E-state index contributed by atoms with van der Waals surface area (Å²) in [6.07, 6.45) is 10.3. The molecule has 1 unspecified atom stereocenters. The van der Waals surface area contributed by atoms with Crippen molar-refractivity contribution in [1.29, 1.82) is 0 Å². The van der Waals surface area contributed by atoms with Crippen LogP contribution in [0.4, 0.5) is 0 Å². The molecule has 104 valence electrons. The number of likely N-dealkylation sites (tertiary alicyclic amines) is 1. The molecule has 1 saturated carbocycles. The minimum absolute atomic E-state index is 0.410. The van der Waals surface area contributed by atoms with E-state index in [9.17, 15) is 5.11 Å². The zero-order chi connectivity index (χ0) is 12.4. The number of nitrogens with zero attached hydrogens (tertiary/aromatic N) is 1. The van der Waals surface area contributed by atoms with Crippen molar-refractivity contribution in [2.45, 2.75) is 63.0 Å². The third kappa shape index (κ3) is 2.73. The molecular formula is C15H28N2O. The van der Waals surface area contributed by atoms with Crippen LogP contribution < -0.4 is 5.32 Å². The molecule has 0 amide bonds. The zero-order valence-corrected chi connectivity index (χ0v) is 11.5. The van der Waals surface area contributed by atoms with Gasteiger partial charge in [0.25, 0.3) is 0 Å². The maximum absolute atomic E-state index is 10.7. The second kappa shape index (κ2) is 5.48. The van der Waals surface area contributed by atoms with Crippen molar-refractivity contribution in [3.8, 4) is 0 Å². The predicted octanol–water partition coefficient (Wildman–Crippen LogP) is 1.76. The number of rotatable bonds is 3. The normalized spacial score (nSPS) is 34.2. The largest absolute Gasteiger partial charge is 0.388 e. The lowest BCUT2D eigenvalue weighted by molar-refractivity contribution is -0.0285. The quantitative estimate of drug-likeness (QED) is 0.803. The first-order chi connectivity index (χ1) is 8.77. The lowest BCUT2D eigenvalue weighted by Gasteiger charge is -2.39. The summed E-state index contributed by atoms with van der Waals surface area (Å²) < 4.78 is 0. The summed E-state index contributed by atoms with van der Waals surface area (Å²) in [5.41, 5.74) is -0.410. The number of hydrogen-bond donors (Lipinski definition) is 2. The Morgan fingerprint density at radius 1 is 1.06 bits per heavy atom. The topological polar surface area (TPSA) is 35.5 Å². The summed E-state index contributed by atoms with van der Waals surface area (Å²) in [6.45, 7) is 4.11. The van der Waals surface area contributed by atoms with Gasteiger partial charge in [-0.05, 0) is 64.1 Å². The second-order valence-electron chi connectivity index (χ2n) is 6.70. The van der Waals surface area contributed by atoms with E-state index < -0.39 is 5.60 Å². The van der Waals surface area contributed by atoms with Crippen LogP contribution in [0.5, 0.6) is 0 Å². The van der Waals surface area contributed by atoms with Crippen LogP contribution in [0.25, 0.3) is 0 Å². The summed E-state index contributed by atoms with van der Waals surface area (Å²) in [5.74, 6) is 0.929. The molecule has 2 N–H and O–H groups in total. The van der Waals surface area contributed by atoms with Gasteiger partial charge in [-0.1, -0.05) is 12.8 Å². The number of aliphatic hydroxyl groups is 1. The third-order valence-electron chi connectivity index (χ3n) is 5.39. The van der Waals surface area contributed by atoms with Gasteiger partial charge in [-0.3, -0.25) is 4.90 Å². The van der Waals surface area contributed by atoms with Crippen molar-refractivity contribution in [3.63, 3.8) is 0 Å². The van der Waals surface area contributed by atoms with Gasteiger partial charge in [0.1, 0.15) is 0 Å². The fourth-order valence-corrected chi connectivity index (χ4v) is 4.35. The van der Waals surface area contributed by atoms with Crippen LogP contribution in [0.1, 0.15) is 51.4 Å². The number of β-amino-alcohol motifs (C(OH)–C–C–N with tert-alkyl or cyclic N) is 1. The lowest BCUT2D eigenvalue weighted by Crippen LogP contribution is -2.51. The van der Waals surface area contributed by atoms with Crippen LogP contribution in [0.3, 0.4) is 0 Å². The number of nitrogens with one attached hydrogen (secondary N) is 1. The molecule has 2 saturated heterocycles. The molecule has 3 aliphatic rings. The summed E-state index contributed by atoms with van der Waals surface area (Å²) in [7, 11) is 0. The fraction of sp³-hybridized carbons (Fsp3) is 1.00. The van der Waals surface area contributed by atoms with Gasteiger partial charge >= 0.3 is 0 Å². The highest BCUT2D eigenvalue weighted by Gasteiger charge is 2.38. The van der Waals surface area contributed by atoms with E-state index in [1.165, 1.54) is 45.1 Å². The standard InChI is InChI=1S/C15H28N2O/c18-15(7-9-16-10-8-15)12-17-11-3-6-14(17)13-4-1-2-5-13/h13-14,16,18H,1-12H2. The molecule has 0 aromatic heterocycles. The molecule has 0 aromatic rings. The number of piperidine rings is 1. The SMILES string of the molecule is OC1(CN2CCCC2C2CCCC2)CCNCC1. The average molecular weight is 252 g/mol. The molecule has 2 aliphatic heterocycles. The highest BCUT2D eigenvalue weighted by atomic mass is 16.3. The predicted molar refractivity (Wildman–Crippen MR) is 73.6 cm³/mol. The smallest absolute Gasteiger partial charge is 0.0798 e. The van der Waals surface area contributed by atoms with E-state index in [1.54, 1.807) is 0 Å². The fourth-order valence-electron chi connectivity index (χ4n) is 4.35. The van der Waals surface area contributed by atoms with E-state index in [0.717, 1.165) is 44.4 Å². The van der Waals surface area contributed by atoms with Crippen LogP contribution in [-0.4, -0.2) is 47.8 Å². The highest BCUT2D eigenvalue weighted by Crippen LogP contribution is 2.36. The van der Waals surface area contributed by atoms with E-state index >= 15 is 0 Å². The maximum Gasteiger partial charge on any atom is 0.0798 e. The first-order valence-electron chi connectivity index (χ1n) is 7.94. The minimum Gasteiger partial charge on any atom is -0.388 e. The molecule has 0 spiro atoms. The highest BCUT2D eigenvalue weighted by molar-refractivity contribution is 4.94. The van der Waals surface area contributed by atoms with E-state index in [2.05, 4.69) is 10.2 Å². The van der Waals surface area contributed by atoms with E-state index in [0.29, 0.717) is 0 Å². The molecule has 2 heterocycles. The van der Waals surface area contributed by atoms with E-state index in [4.69, 9.17) is 0 Å². The Hall–Kier alpha value is -0.120. The molecule has 0 radical (unpaired) electrons. The summed E-state index contributed by atoms with van der Waals surface area (Å²) in [4.78, 5) is 2.63. The van der Waals surface area contributed by atoms with E-state index in [-0.39, 0.29) is 0 Å².